The topological polar surface area (TPSA) is 57.8 Å². The second-order valence-corrected chi connectivity index (χ2v) is 6.40. The molecular formula is C19H11ClFN3O3. The Morgan fingerprint density at radius 1 is 1.07 bits per heavy atom. The zero-order valence-electron chi connectivity index (χ0n) is 13.7. The molecule has 134 valence electrons. The maximum atomic E-state index is 13.4. The van der Waals surface area contributed by atoms with Crippen molar-refractivity contribution >= 4 is 17.2 Å². The summed E-state index contributed by atoms with van der Waals surface area (Å²) in [6, 6.07) is 9.59. The minimum atomic E-state index is -0.541. The highest BCUT2D eigenvalue weighted by Crippen LogP contribution is 2.35. The molecular weight excluding hydrogens is 373 g/mol. The molecule has 0 radical (unpaired) electrons. The second kappa shape index (κ2) is 5.85. The summed E-state index contributed by atoms with van der Waals surface area (Å²) in [6.45, 7) is 0.189. The predicted octanol–water partition coefficient (Wildman–Crippen LogP) is 3.67. The summed E-state index contributed by atoms with van der Waals surface area (Å²) >= 11 is 5.83. The van der Waals surface area contributed by atoms with Crippen LogP contribution in [0.1, 0.15) is 0 Å². The lowest BCUT2D eigenvalue weighted by atomic mass is 10.1. The van der Waals surface area contributed by atoms with Crippen LogP contribution in [0.25, 0.3) is 22.6 Å². The van der Waals surface area contributed by atoms with Crippen LogP contribution in [0.4, 0.5) is 4.39 Å². The molecule has 4 aromatic rings. The van der Waals surface area contributed by atoms with E-state index in [4.69, 9.17) is 21.1 Å². The molecule has 5 rings (SSSR count). The monoisotopic (exact) mass is 383 g/mol. The van der Waals surface area contributed by atoms with Crippen molar-refractivity contribution in [3.63, 3.8) is 0 Å². The van der Waals surface area contributed by atoms with Crippen LogP contribution in [0.5, 0.6) is 11.5 Å². The number of ether oxygens (including phenoxy) is 2. The Bertz CT molecular complexity index is 1270. The van der Waals surface area contributed by atoms with E-state index in [9.17, 15) is 9.18 Å². The van der Waals surface area contributed by atoms with E-state index in [2.05, 4.69) is 4.98 Å². The van der Waals surface area contributed by atoms with Gasteiger partial charge in [-0.05, 0) is 36.4 Å². The van der Waals surface area contributed by atoms with Crippen LogP contribution in [-0.2, 0) is 0 Å². The van der Waals surface area contributed by atoms with Gasteiger partial charge in [0.2, 0.25) is 12.4 Å². The van der Waals surface area contributed by atoms with Gasteiger partial charge in [0.15, 0.2) is 11.5 Å². The molecule has 8 heteroatoms. The van der Waals surface area contributed by atoms with Gasteiger partial charge in [-0.1, -0.05) is 11.6 Å². The zero-order valence-corrected chi connectivity index (χ0v) is 14.5. The number of hydrogen-bond donors (Lipinski definition) is 0. The van der Waals surface area contributed by atoms with E-state index in [-0.39, 0.29) is 23.0 Å². The molecule has 0 aliphatic carbocycles. The first-order valence-electron chi connectivity index (χ1n) is 8.06. The third-order valence-electron chi connectivity index (χ3n) is 4.37. The number of nitrogens with zero attached hydrogens (tertiary/aromatic N) is 3. The molecule has 0 amide bonds. The summed E-state index contributed by atoms with van der Waals surface area (Å²) in [6.07, 6.45) is 5.05. The van der Waals surface area contributed by atoms with Gasteiger partial charge in [0.1, 0.15) is 5.82 Å². The van der Waals surface area contributed by atoms with E-state index < -0.39 is 5.82 Å². The fourth-order valence-electron chi connectivity index (χ4n) is 3.01. The third-order valence-corrected chi connectivity index (χ3v) is 4.66. The summed E-state index contributed by atoms with van der Waals surface area (Å²) in [5.74, 6) is 0.779. The Morgan fingerprint density at radius 3 is 2.78 bits per heavy atom. The van der Waals surface area contributed by atoms with Crippen molar-refractivity contribution in [3.8, 4) is 28.4 Å². The number of rotatable bonds is 2. The normalized spacial score (nSPS) is 12.7. The first-order chi connectivity index (χ1) is 13.1. The zero-order chi connectivity index (χ0) is 18.5. The van der Waals surface area contributed by atoms with E-state index in [0.29, 0.717) is 22.9 Å². The molecule has 0 spiro atoms. The van der Waals surface area contributed by atoms with Crippen molar-refractivity contribution in [1.82, 2.24) is 14.0 Å². The minimum absolute atomic E-state index is 0.0522. The number of aromatic nitrogens is 3. The molecule has 0 bridgehead atoms. The Labute approximate surface area is 157 Å². The van der Waals surface area contributed by atoms with Crippen LogP contribution in [0.15, 0.2) is 59.8 Å². The van der Waals surface area contributed by atoms with Crippen molar-refractivity contribution in [2.45, 2.75) is 0 Å². The lowest BCUT2D eigenvalue weighted by Gasteiger charge is -2.06. The number of halogens is 2. The molecule has 3 heterocycles. The lowest BCUT2D eigenvalue weighted by Crippen LogP contribution is -2.20. The summed E-state index contributed by atoms with van der Waals surface area (Å²) in [4.78, 5) is 17.3. The molecule has 1 aliphatic heterocycles. The van der Waals surface area contributed by atoms with Crippen molar-refractivity contribution < 1.29 is 13.9 Å². The van der Waals surface area contributed by atoms with Gasteiger partial charge < -0.3 is 13.9 Å². The van der Waals surface area contributed by atoms with E-state index in [1.165, 1.54) is 22.8 Å². The Hall–Kier alpha value is -3.32. The van der Waals surface area contributed by atoms with E-state index >= 15 is 0 Å². The van der Waals surface area contributed by atoms with Crippen LogP contribution in [0.3, 0.4) is 0 Å². The van der Waals surface area contributed by atoms with Crippen LogP contribution in [-0.4, -0.2) is 20.7 Å². The molecule has 0 saturated carbocycles. The van der Waals surface area contributed by atoms with Gasteiger partial charge in [-0.25, -0.2) is 9.37 Å². The molecule has 0 atom stereocenters. The Morgan fingerprint density at radius 2 is 1.93 bits per heavy atom. The molecule has 27 heavy (non-hydrogen) atoms. The first-order valence-corrected chi connectivity index (χ1v) is 8.44. The highest BCUT2D eigenvalue weighted by Gasteiger charge is 2.16. The van der Waals surface area contributed by atoms with Crippen LogP contribution in [0.2, 0.25) is 5.02 Å². The van der Waals surface area contributed by atoms with Gasteiger partial charge in [0.05, 0.1) is 16.4 Å². The molecule has 0 unspecified atom stereocenters. The minimum Gasteiger partial charge on any atom is -0.454 e. The fourth-order valence-corrected chi connectivity index (χ4v) is 3.19. The van der Waals surface area contributed by atoms with Gasteiger partial charge in [-0.3, -0.25) is 9.36 Å². The Kier molecular flexibility index (Phi) is 3.45. The second-order valence-electron chi connectivity index (χ2n) is 6.00. The van der Waals surface area contributed by atoms with E-state index in [1.54, 1.807) is 29.1 Å². The van der Waals surface area contributed by atoms with E-state index in [0.717, 1.165) is 5.56 Å². The number of fused-ring (bicyclic) bond motifs is 2. The summed E-state index contributed by atoms with van der Waals surface area (Å²) < 4.78 is 27.1. The van der Waals surface area contributed by atoms with Crippen LogP contribution in [0, 0.1) is 5.82 Å². The summed E-state index contributed by atoms with van der Waals surface area (Å²) in [5.41, 5.74) is 1.79. The average molecular weight is 384 g/mol. The highest BCUT2D eigenvalue weighted by atomic mass is 35.5. The third kappa shape index (κ3) is 2.55. The maximum Gasteiger partial charge on any atom is 0.298 e. The molecule has 0 N–H and O–H groups in total. The van der Waals surface area contributed by atoms with Gasteiger partial charge in [-0.2, -0.15) is 0 Å². The summed E-state index contributed by atoms with van der Waals surface area (Å²) in [7, 11) is 0. The molecule has 1 aliphatic rings. The average Bonchev–Trinajstić information content (AvgIpc) is 3.31. The maximum absolute atomic E-state index is 13.4. The molecule has 2 aromatic carbocycles. The molecule has 0 saturated heterocycles. The largest absolute Gasteiger partial charge is 0.454 e. The van der Waals surface area contributed by atoms with Crippen molar-refractivity contribution in [1.29, 1.82) is 0 Å². The predicted molar refractivity (Wildman–Crippen MR) is 97.3 cm³/mol. The smallest absolute Gasteiger partial charge is 0.298 e. The van der Waals surface area contributed by atoms with Crippen molar-refractivity contribution in [2.24, 2.45) is 0 Å². The lowest BCUT2D eigenvalue weighted by molar-refractivity contribution is 0.174. The van der Waals surface area contributed by atoms with Crippen LogP contribution < -0.4 is 15.0 Å². The number of benzene rings is 2. The quantitative estimate of drug-likeness (QED) is 0.530. The summed E-state index contributed by atoms with van der Waals surface area (Å²) in [5, 5.41) is -0.0522. The van der Waals surface area contributed by atoms with E-state index in [1.807, 2.05) is 12.1 Å². The standard InChI is InChI=1S/C19H11ClFN3O3/c20-13-8-12(2-3-14(13)21)24-6-5-23-9-15(22-18(23)19(24)25)11-1-4-16-17(7-11)27-10-26-16/h1-9H,10H2. The van der Waals surface area contributed by atoms with Gasteiger partial charge in [0.25, 0.3) is 5.56 Å². The fraction of sp³-hybridized carbons (Fsp3) is 0.0526. The Balaban J connectivity index is 1.63. The number of hydrogen-bond acceptors (Lipinski definition) is 4. The van der Waals surface area contributed by atoms with Crippen LogP contribution >= 0.6 is 11.6 Å². The first kappa shape index (κ1) is 15.9. The van der Waals surface area contributed by atoms with Crippen molar-refractivity contribution in [2.75, 3.05) is 6.79 Å². The molecule has 6 nitrogen and oxygen atoms in total. The van der Waals surface area contributed by atoms with Gasteiger partial charge in [0, 0.05) is 24.2 Å². The van der Waals surface area contributed by atoms with Gasteiger partial charge in [-0.15, -0.1) is 0 Å². The van der Waals surface area contributed by atoms with Gasteiger partial charge >= 0.3 is 0 Å². The highest BCUT2D eigenvalue weighted by molar-refractivity contribution is 6.30. The number of imidazole rings is 1. The molecule has 2 aromatic heterocycles. The molecule has 0 fully saturated rings. The SMILES string of the molecule is O=c1c2nc(-c3ccc4c(c3)OCO4)cn2ccn1-c1ccc(F)c(Cl)c1. The van der Waals surface area contributed by atoms with Crippen molar-refractivity contribution in [3.05, 3.63) is 76.2 Å².